The third-order valence-electron chi connectivity index (χ3n) is 1.94. The molecule has 0 unspecified atom stereocenters. The first kappa shape index (κ1) is 11.0. The van der Waals surface area contributed by atoms with E-state index in [0.717, 1.165) is 11.8 Å². The molecular weight excluding hydrogens is 132 g/mol. The van der Waals surface area contributed by atoms with Crippen molar-refractivity contribution in [2.24, 2.45) is 11.8 Å². The molecule has 0 aromatic heterocycles. The molecule has 68 valence electrons. The van der Waals surface area contributed by atoms with Gasteiger partial charge in [0.15, 0.2) is 0 Å². The molecule has 0 heterocycles. The third-order valence-corrected chi connectivity index (χ3v) is 1.94. The zero-order valence-corrected chi connectivity index (χ0v) is 8.69. The molecule has 0 amide bonds. The molecule has 1 saturated carbocycles. The van der Waals surface area contributed by atoms with Gasteiger partial charge in [-0.05, 0) is 18.3 Å². The lowest BCUT2D eigenvalue weighted by Gasteiger charge is -2.05. The summed E-state index contributed by atoms with van der Waals surface area (Å²) in [4.78, 5) is 0. The maximum absolute atomic E-state index is 2.26. The van der Waals surface area contributed by atoms with Gasteiger partial charge in [-0.2, -0.15) is 0 Å². The van der Waals surface area contributed by atoms with E-state index in [4.69, 9.17) is 0 Å². The van der Waals surface area contributed by atoms with E-state index in [-0.39, 0.29) is 0 Å². The Labute approximate surface area is 72.4 Å². The van der Waals surface area contributed by atoms with E-state index >= 15 is 0 Å². The Morgan fingerprint density at radius 1 is 0.727 bits per heavy atom. The van der Waals surface area contributed by atoms with Crippen molar-refractivity contribution in [3.8, 4) is 0 Å². The second-order valence-electron chi connectivity index (χ2n) is 4.44. The van der Waals surface area contributed by atoms with Crippen molar-refractivity contribution in [3.05, 3.63) is 0 Å². The molecule has 0 radical (unpaired) electrons. The van der Waals surface area contributed by atoms with Crippen molar-refractivity contribution < 1.29 is 0 Å². The molecule has 1 fully saturated rings. The van der Waals surface area contributed by atoms with E-state index < -0.39 is 0 Å². The molecule has 0 nitrogen and oxygen atoms in total. The second kappa shape index (κ2) is 6.69. The Hall–Kier alpha value is 0. The van der Waals surface area contributed by atoms with E-state index in [1.165, 1.54) is 32.1 Å². The standard InChI is InChI=1S/C7H16.C4H8/c1-6(2)5-7(3)4;1-2-4-3-1/h6-7H,5H2,1-4H3;1-4H2. The Kier molecular flexibility index (Phi) is 6.69. The molecule has 0 bridgehead atoms. The van der Waals surface area contributed by atoms with E-state index in [0.29, 0.717) is 0 Å². The van der Waals surface area contributed by atoms with Crippen LogP contribution in [0.5, 0.6) is 0 Å². The quantitative estimate of drug-likeness (QED) is 0.560. The SMILES string of the molecule is C1CCC1.CC(C)CC(C)C. The number of rotatable bonds is 2. The van der Waals surface area contributed by atoms with Crippen molar-refractivity contribution >= 4 is 0 Å². The van der Waals surface area contributed by atoms with Gasteiger partial charge in [-0.3, -0.25) is 0 Å². The van der Waals surface area contributed by atoms with Crippen molar-refractivity contribution in [2.75, 3.05) is 0 Å². The van der Waals surface area contributed by atoms with Gasteiger partial charge in [0.2, 0.25) is 0 Å². The van der Waals surface area contributed by atoms with Crippen molar-refractivity contribution in [2.45, 2.75) is 59.8 Å². The highest BCUT2D eigenvalue weighted by Crippen LogP contribution is 2.15. The van der Waals surface area contributed by atoms with E-state index in [2.05, 4.69) is 27.7 Å². The topological polar surface area (TPSA) is 0 Å². The van der Waals surface area contributed by atoms with Crippen LogP contribution >= 0.6 is 0 Å². The molecule has 0 heteroatoms. The minimum absolute atomic E-state index is 0.875. The summed E-state index contributed by atoms with van der Waals surface area (Å²) in [6.45, 7) is 9.06. The zero-order valence-electron chi connectivity index (χ0n) is 8.69. The van der Waals surface area contributed by atoms with Crippen LogP contribution in [0.25, 0.3) is 0 Å². The Bertz CT molecular complexity index is 58.1. The van der Waals surface area contributed by atoms with Crippen LogP contribution in [0.4, 0.5) is 0 Å². The largest absolute Gasteiger partial charge is 0.0628 e. The molecule has 11 heavy (non-hydrogen) atoms. The number of hydrogen-bond donors (Lipinski definition) is 0. The van der Waals surface area contributed by atoms with Gasteiger partial charge in [0, 0.05) is 0 Å². The molecule has 1 rings (SSSR count). The summed E-state index contributed by atoms with van der Waals surface area (Å²) in [7, 11) is 0. The van der Waals surface area contributed by atoms with E-state index in [1.54, 1.807) is 0 Å². The normalized spacial score (nSPS) is 15.8. The Balaban J connectivity index is 0.000000207. The van der Waals surface area contributed by atoms with Gasteiger partial charge in [0.25, 0.3) is 0 Å². The molecule has 0 spiro atoms. The summed E-state index contributed by atoms with van der Waals surface area (Å²) in [5, 5.41) is 0. The molecule has 0 N–H and O–H groups in total. The van der Waals surface area contributed by atoms with Crippen LogP contribution in [0, 0.1) is 11.8 Å². The molecule has 1 aliphatic carbocycles. The van der Waals surface area contributed by atoms with E-state index in [9.17, 15) is 0 Å². The predicted molar refractivity (Wildman–Crippen MR) is 52.8 cm³/mol. The first-order chi connectivity index (χ1) is 5.13. The van der Waals surface area contributed by atoms with Crippen LogP contribution in [-0.4, -0.2) is 0 Å². The van der Waals surface area contributed by atoms with Crippen LogP contribution < -0.4 is 0 Å². The van der Waals surface area contributed by atoms with Crippen molar-refractivity contribution in [1.82, 2.24) is 0 Å². The Morgan fingerprint density at radius 2 is 1.00 bits per heavy atom. The fraction of sp³-hybridized carbons (Fsp3) is 1.00. The summed E-state index contributed by atoms with van der Waals surface area (Å²) in [6, 6.07) is 0. The Morgan fingerprint density at radius 3 is 1.00 bits per heavy atom. The van der Waals surface area contributed by atoms with Crippen LogP contribution in [0.15, 0.2) is 0 Å². The van der Waals surface area contributed by atoms with Gasteiger partial charge >= 0.3 is 0 Å². The van der Waals surface area contributed by atoms with Crippen LogP contribution in [-0.2, 0) is 0 Å². The molecule has 0 aromatic rings. The van der Waals surface area contributed by atoms with Crippen LogP contribution in [0.2, 0.25) is 0 Å². The lowest BCUT2D eigenvalue weighted by molar-refractivity contribution is 0.469. The maximum Gasteiger partial charge on any atom is -0.0469 e. The van der Waals surface area contributed by atoms with E-state index in [1.807, 2.05) is 0 Å². The highest BCUT2D eigenvalue weighted by Gasteiger charge is 1.96. The summed E-state index contributed by atoms with van der Waals surface area (Å²) in [5.41, 5.74) is 0. The van der Waals surface area contributed by atoms with Crippen molar-refractivity contribution in [1.29, 1.82) is 0 Å². The number of hydrogen-bond acceptors (Lipinski definition) is 0. The average molecular weight is 156 g/mol. The van der Waals surface area contributed by atoms with Gasteiger partial charge in [0.05, 0.1) is 0 Å². The second-order valence-corrected chi connectivity index (χ2v) is 4.44. The minimum atomic E-state index is 0.875. The average Bonchev–Trinajstić information content (AvgIpc) is 1.52. The van der Waals surface area contributed by atoms with Crippen LogP contribution in [0.3, 0.4) is 0 Å². The first-order valence-corrected chi connectivity index (χ1v) is 5.13. The fourth-order valence-corrected chi connectivity index (χ4v) is 1.19. The van der Waals surface area contributed by atoms with Gasteiger partial charge in [-0.1, -0.05) is 53.4 Å². The lowest BCUT2D eigenvalue weighted by atomic mass is 10.0. The predicted octanol–water partition coefficient (Wildman–Crippen LogP) is 4.25. The van der Waals surface area contributed by atoms with Gasteiger partial charge in [0.1, 0.15) is 0 Å². The third kappa shape index (κ3) is 10.0. The first-order valence-electron chi connectivity index (χ1n) is 5.13. The molecular formula is C11H24. The lowest BCUT2D eigenvalue weighted by Crippen LogP contribution is -1.93. The van der Waals surface area contributed by atoms with Crippen LogP contribution in [0.1, 0.15) is 59.8 Å². The maximum atomic E-state index is 2.26. The summed E-state index contributed by atoms with van der Waals surface area (Å²) < 4.78 is 0. The van der Waals surface area contributed by atoms with Gasteiger partial charge in [-0.25, -0.2) is 0 Å². The zero-order chi connectivity index (χ0) is 8.69. The van der Waals surface area contributed by atoms with Gasteiger partial charge in [-0.15, -0.1) is 0 Å². The summed E-state index contributed by atoms with van der Waals surface area (Å²) >= 11 is 0. The molecule has 1 aliphatic rings. The van der Waals surface area contributed by atoms with Gasteiger partial charge < -0.3 is 0 Å². The minimum Gasteiger partial charge on any atom is -0.0628 e. The molecule has 0 aromatic carbocycles. The highest BCUT2D eigenvalue weighted by molar-refractivity contribution is 4.50. The summed E-state index contributed by atoms with van der Waals surface area (Å²) in [6.07, 6.45) is 7.36. The molecule has 0 aliphatic heterocycles. The highest BCUT2D eigenvalue weighted by atomic mass is 14.0. The molecule has 0 saturated heterocycles. The summed E-state index contributed by atoms with van der Waals surface area (Å²) in [5.74, 6) is 1.75. The van der Waals surface area contributed by atoms with Crippen molar-refractivity contribution in [3.63, 3.8) is 0 Å². The fourth-order valence-electron chi connectivity index (χ4n) is 1.19. The molecule has 0 atom stereocenters. The smallest absolute Gasteiger partial charge is 0.0469 e. The monoisotopic (exact) mass is 156 g/mol.